The Hall–Kier alpha value is -2.36. The Morgan fingerprint density at radius 2 is 1.92 bits per heavy atom. The minimum Gasteiger partial charge on any atom is -0.488 e. The molecule has 39 heavy (non-hydrogen) atoms. The highest BCUT2D eigenvalue weighted by Gasteiger charge is 2.33. The molecule has 0 saturated heterocycles. The third-order valence-electron chi connectivity index (χ3n) is 6.89. The van der Waals surface area contributed by atoms with Crippen LogP contribution in [-0.2, 0) is 11.3 Å². The maximum atomic E-state index is 13.6. The molecule has 3 atom stereocenters. The molecule has 0 aromatic heterocycles. The average molecular weight is 580 g/mol. The Morgan fingerprint density at radius 1 is 1.18 bits per heavy atom. The van der Waals surface area contributed by atoms with Gasteiger partial charge in [0.25, 0.3) is 5.91 Å². The van der Waals surface area contributed by atoms with Crippen molar-refractivity contribution in [2.75, 3.05) is 52.7 Å². The zero-order chi connectivity index (χ0) is 28.7. The molecular weight excluding hydrogens is 539 g/mol. The molecule has 0 aliphatic carbocycles. The van der Waals surface area contributed by atoms with Crippen LogP contribution in [0, 0.1) is 5.92 Å². The zero-order valence-corrected chi connectivity index (χ0v) is 24.9. The molecule has 2 amide bonds. The van der Waals surface area contributed by atoms with Gasteiger partial charge in [-0.25, -0.2) is 0 Å². The number of carbonyl (C=O) groups is 2. The summed E-state index contributed by atoms with van der Waals surface area (Å²) in [7, 11) is 5.94. The van der Waals surface area contributed by atoms with E-state index in [0.717, 1.165) is 18.5 Å². The second-order valence-corrected chi connectivity index (χ2v) is 11.5. The third-order valence-corrected chi connectivity index (χ3v) is 7.62. The molecule has 0 fully saturated rings. The van der Waals surface area contributed by atoms with Crippen molar-refractivity contribution in [3.8, 4) is 5.75 Å². The van der Waals surface area contributed by atoms with Crippen molar-refractivity contribution in [3.05, 3.63) is 57.6 Å². The Labute approximate surface area is 241 Å². The number of ether oxygens (including phenoxy) is 1. The summed E-state index contributed by atoms with van der Waals surface area (Å²) in [5.41, 5.74) is 1.94. The van der Waals surface area contributed by atoms with Gasteiger partial charge in [0.05, 0.1) is 28.3 Å². The third kappa shape index (κ3) is 8.82. The number of carbonyl (C=O) groups excluding carboxylic acids is 2. The highest BCUT2D eigenvalue weighted by atomic mass is 35.5. The molecule has 0 bridgehead atoms. The second kappa shape index (κ2) is 14.3. The van der Waals surface area contributed by atoms with Gasteiger partial charge in [-0.05, 0) is 76.9 Å². The molecule has 0 saturated carbocycles. The Kier molecular flexibility index (Phi) is 11.4. The number of likely N-dealkylation sites (N-methyl/N-ethyl adjacent to an activating group) is 1. The molecule has 0 spiro atoms. The van der Waals surface area contributed by atoms with Crippen LogP contribution in [0.2, 0.25) is 10.0 Å². The van der Waals surface area contributed by atoms with Crippen molar-refractivity contribution < 1.29 is 19.4 Å². The fourth-order valence-corrected chi connectivity index (χ4v) is 4.94. The van der Waals surface area contributed by atoms with E-state index in [0.29, 0.717) is 53.1 Å². The van der Waals surface area contributed by atoms with Crippen molar-refractivity contribution in [2.24, 2.45) is 5.92 Å². The van der Waals surface area contributed by atoms with E-state index < -0.39 is 0 Å². The largest absolute Gasteiger partial charge is 0.488 e. The number of benzene rings is 2. The second-order valence-electron chi connectivity index (χ2n) is 10.7. The summed E-state index contributed by atoms with van der Waals surface area (Å²) in [6.45, 7) is 6.21. The molecule has 10 heteroatoms. The smallest absolute Gasteiger partial charge is 0.258 e. The van der Waals surface area contributed by atoms with Crippen LogP contribution in [0.3, 0.4) is 0 Å². The lowest BCUT2D eigenvalue weighted by molar-refractivity contribution is -0.116. The van der Waals surface area contributed by atoms with Crippen molar-refractivity contribution in [3.63, 3.8) is 0 Å². The van der Waals surface area contributed by atoms with Gasteiger partial charge >= 0.3 is 0 Å². The minimum absolute atomic E-state index is 0.0107. The summed E-state index contributed by atoms with van der Waals surface area (Å²) < 4.78 is 6.47. The molecule has 3 rings (SSSR count). The van der Waals surface area contributed by atoms with E-state index in [1.807, 2.05) is 45.1 Å². The van der Waals surface area contributed by atoms with Crippen molar-refractivity contribution in [2.45, 2.75) is 45.4 Å². The average Bonchev–Trinajstić information content (AvgIpc) is 2.88. The molecule has 2 aromatic rings. The molecule has 2 aromatic carbocycles. The summed E-state index contributed by atoms with van der Waals surface area (Å²) in [5.74, 6) is 0.111. The van der Waals surface area contributed by atoms with Crippen LogP contribution in [0.15, 0.2) is 36.4 Å². The van der Waals surface area contributed by atoms with Gasteiger partial charge in [0.2, 0.25) is 5.91 Å². The van der Waals surface area contributed by atoms with E-state index in [-0.39, 0.29) is 36.5 Å². The fourth-order valence-electron chi connectivity index (χ4n) is 4.62. The van der Waals surface area contributed by atoms with E-state index in [2.05, 4.69) is 17.1 Å². The Bertz CT molecular complexity index is 1150. The van der Waals surface area contributed by atoms with Gasteiger partial charge in [0.15, 0.2) is 0 Å². The standard InChI is InChI=1S/C29H40Cl2N4O4/c1-19-15-35(20(2)18-36)29(38)23-14-22(32-28(37)7-6-12-33(3)4)9-11-26(23)39-27(19)17-34(5)16-21-8-10-24(30)25(31)13-21/h8-11,13-14,19-20,27,36H,6-7,12,15-18H2,1-5H3,(H,32,37)/t19-,20-,27+/m0/s1. The van der Waals surface area contributed by atoms with E-state index in [1.54, 1.807) is 29.2 Å². The predicted octanol–water partition coefficient (Wildman–Crippen LogP) is 4.63. The summed E-state index contributed by atoms with van der Waals surface area (Å²) in [6.07, 6.45) is 0.894. The first kappa shape index (κ1) is 31.2. The normalized spacial score (nSPS) is 18.4. The van der Waals surface area contributed by atoms with Gasteiger partial charge in [-0.2, -0.15) is 0 Å². The highest BCUT2D eigenvalue weighted by molar-refractivity contribution is 6.42. The highest BCUT2D eigenvalue weighted by Crippen LogP contribution is 2.31. The number of amides is 2. The predicted molar refractivity (Wildman–Crippen MR) is 157 cm³/mol. The number of aliphatic hydroxyl groups is 1. The van der Waals surface area contributed by atoms with Gasteiger partial charge in [0, 0.05) is 37.7 Å². The van der Waals surface area contributed by atoms with E-state index in [4.69, 9.17) is 27.9 Å². The number of nitrogens with one attached hydrogen (secondary N) is 1. The van der Waals surface area contributed by atoms with Crippen LogP contribution < -0.4 is 10.1 Å². The van der Waals surface area contributed by atoms with E-state index in [1.165, 1.54) is 0 Å². The molecule has 1 aliphatic heterocycles. The lowest BCUT2D eigenvalue weighted by atomic mass is 9.99. The number of hydrogen-bond donors (Lipinski definition) is 2. The summed E-state index contributed by atoms with van der Waals surface area (Å²) in [6, 6.07) is 10.4. The first-order valence-corrected chi connectivity index (χ1v) is 14.0. The van der Waals surface area contributed by atoms with Gasteiger partial charge in [-0.3, -0.25) is 14.5 Å². The SMILES string of the molecule is C[C@H]1CN([C@@H](C)CO)C(=O)c2cc(NC(=O)CCCN(C)C)ccc2O[C@@H]1CN(C)Cc1ccc(Cl)c(Cl)c1. The number of rotatable bonds is 11. The quantitative estimate of drug-likeness (QED) is 0.404. The maximum absolute atomic E-state index is 13.6. The first-order chi connectivity index (χ1) is 18.5. The topological polar surface area (TPSA) is 85.3 Å². The summed E-state index contributed by atoms with van der Waals surface area (Å²) in [5, 5.41) is 13.8. The first-order valence-electron chi connectivity index (χ1n) is 13.3. The zero-order valence-electron chi connectivity index (χ0n) is 23.4. The Morgan fingerprint density at radius 3 is 2.59 bits per heavy atom. The molecule has 214 valence electrons. The lowest BCUT2D eigenvalue weighted by Crippen LogP contribution is -2.49. The molecule has 0 unspecified atom stereocenters. The van der Waals surface area contributed by atoms with Crippen LogP contribution in [-0.4, -0.2) is 91.2 Å². The molecule has 1 aliphatic rings. The van der Waals surface area contributed by atoms with Crippen LogP contribution in [0.4, 0.5) is 5.69 Å². The molecule has 1 heterocycles. The fraction of sp³-hybridized carbons (Fsp3) is 0.517. The van der Waals surface area contributed by atoms with E-state index in [9.17, 15) is 14.7 Å². The molecule has 0 radical (unpaired) electrons. The van der Waals surface area contributed by atoms with Crippen LogP contribution in [0.25, 0.3) is 0 Å². The van der Waals surface area contributed by atoms with Gasteiger partial charge in [-0.1, -0.05) is 36.2 Å². The van der Waals surface area contributed by atoms with Crippen molar-refractivity contribution in [1.82, 2.24) is 14.7 Å². The molecule has 2 N–H and O–H groups in total. The summed E-state index contributed by atoms with van der Waals surface area (Å²) in [4.78, 5) is 32.0. The lowest BCUT2D eigenvalue weighted by Gasteiger charge is -2.38. The van der Waals surface area contributed by atoms with Crippen molar-refractivity contribution >= 4 is 40.7 Å². The maximum Gasteiger partial charge on any atom is 0.258 e. The summed E-state index contributed by atoms with van der Waals surface area (Å²) >= 11 is 12.3. The van der Waals surface area contributed by atoms with Crippen LogP contribution in [0.1, 0.15) is 42.6 Å². The molecule has 8 nitrogen and oxygen atoms in total. The van der Waals surface area contributed by atoms with Crippen molar-refractivity contribution in [1.29, 1.82) is 0 Å². The Balaban J connectivity index is 1.82. The number of aliphatic hydroxyl groups excluding tert-OH is 1. The number of halogens is 2. The van der Waals surface area contributed by atoms with Crippen LogP contribution in [0.5, 0.6) is 5.75 Å². The van der Waals surface area contributed by atoms with Gasteiger partial charge in [-0.15, -0.1) is 0 Å². The van der Waals surface area contributed by atoms with Gasteiger partial charge < -0.3 is 25.0 Å². The monoisotopic (exact) mass is 578 g/mol. The number of hydrogen-bond acceptors (Lipinski definition) is 6. The number of fused-ring (bicyclic) bond motifs is 1. The van der Waals surface area contributed by atoms with E-state index >= 15 is 0 Å². The number of nitrogens with zero attached hydrogens (tertiary/aromatic N) is 3. The van der Waals surface area contributed by atoms with Gasteiger partial charge in [0.1, 0.15) is 11.9 Å². The number of anilines is 1. The van der Waals surface area contributed by atoms with Crippen LogP contribution >= 0.6 is 23.2 Å². The minimum atomic E-state index is -0.371. The molecular formula is C29H40Cl2N4O4.